The van der Waals surface area contributed by atoms with E-state index in [1.165, 1.54) is 5.56 Å². The molecule has 0 saturated heterocycles. The number of aromatic nitrogens is 4. The molecule has 5 rings (SSSR count). The van der Waals surface area contributed by atoms with Crippen LogP contribution in [0, 0.1) is 6.92 Å². The van der Waals surface area contributed by atoms with Gasteiger partial charge in [0.15, 0.2) is 0 Å². The van der Waals surface area contributed by atoms with E-state index in [1.54, 1.807) is 18.5 Å². The third kappa shape index (κ3) is 5.19. The summed E-state index contributed by atoms with van der Waals surface area (Å²) < 4.78 is 1.92. The van der Waals surface area contributed by atoms with E-state index in [-0.39, 0.29) is 5.91 Å². The molecule has 0 bridgehead atoms. The maximum absolute atomic E-state index is 13.0. The monoisotopic (exact) mass is 462 g/mol. The third-order valence-corrected chi connectivity index (χ3v) is 5.95. The summed E-state index contributed by atoms with van der Waals surface area (Å²) in [7, 11) is 0. The van der Waals surface area contributed by atoms with Crippen molar-refractivity contribution in [2.45, 2.75) is 26.4 Å². The van der Waals surface area contributed by atoms with Crippen LogP contribution in [0.25, 0.3) is 10.8 Å². The molecule has 2 aromatic carbocycles. The van der Waals surface area contributed by atoms with Crippen molar-refractivity contribution in [1.29, 1.82) is 0 Å². The van der Waals surface area contributed by atoms with Crippen molar-refractivity contribution in [2.75, 3.05) is 5.73 Å². The molecule has 0 unspecified atom stereocenters. The molecule has 0 spiro atoms. The molecule has 0 aliphatic carbocycles. The molecule has 3 aromatic heterocycles. The second kappa shape index (κ2) is 9.77. The number of benzene rings is 2. The molecular formula is C28H26N6O. The molecule has 3 heterocycles. The second-order valence-electron chi connectivity index (χ2n) is 8.64. The summed E-state index contributed by atoms with van der Waals surface area (Å²) in [6.45, 7) is 3.17. The van der Waals surface area contributed by atoms with Crippen molar-refractivity contribution in [3.63, 3.8) is 0 Å². The Balaban J connectivity index is 1.26. The number of anilines is 1. The van der Waals surface area contributed by atoms with Gasteiger partial charge >= 0.3 is 0 Å². The highest BCUT2D eigenvalue weighted by Gasteiger charge is 2.13. The van der Waals surface area contributed by atoms with Crippen molar-refractivity contribution in [3.8, 4) is 0 Å². The van der Waals surface area contributed by atoms with Gasteiger partial charge in [-0.2, -0.15) is 5.10 Å². The number of amides is 1. The summed E-state index contributed by atoms with van der Waals surface area (Å²) in [5.41, 5.74) is 11.7. The van der Waals surface area contributed by atoms with Crippen LogP contribution in [-0.2, 0) is 19.5 Å². The molecular weight excluding hydrogens is 436 g/mol. The maximum Gasteiger partial charge on any atom is 0.253 e. The lowest BCUT2D eigenvalue weighted by Gasteiger charge is -2.11. The molecule has 3 N–H and O–H groups in total. The number of nitrogens with zero attached hydrogens (tertiary/aromatic N) is 4. The molecule has 7 heteroatoms. The molecule has 0 fully saturated rings. The first-order chi connectivity index (χ1) is 17.0. The average Bonchev–Trinajstić information content (AvgIpc) is 3.28. The molecule has 0 atom stereocenters. The zero-order valence-corrected chi connectivity index (χ0v) is 19.5. The lowest BCUT2D eigenvalue weighted by molar-refractivity contribution is 0.0949. The van der Waals surface area contributed by atoms with E-state index in [1.807, 2.05) is 54.3 Å². The van der Waals surface area contributed by atoms with Gasteiger partial charge in [-0.3, -0.25) is 14.5 Å². The fourth-order valence-corrected chi connectivity index (χ4v) is 4.12. The number of fused-ring (bicyclic) bond motifs is 1. The van der Waals surface area contributed by atoms with E-state index < -0.39 is 0 Å². The van der Waals surface area contributed by atoms with Gasteiger partial charge in [0.25, 0.3) is 5.91 Å². The van der Waals surface area contributed by atoms with Crippen molar-refractivity contribution in [1.82, 2.24) is 25.1 Å². The normalized spacial score (nSPS) is 11.0. The van der Waals surface area contributed by atoms with Crippen LogP contribution in [0.1, 0.15) is 38.3 Å². The first-order valence-corrected chi connectivity index (χ1v) is 11.5. The zero-order valence-electron chi connectivity index (χ0n) is 19.5. The SMILES string of the molecule is Cc1cnn(Cc2ccc(Cc3ncccc3C(=O)NCc3ccc4c(N)nccc4c3)cc2)c1. The topological polar surface area (TPSA) is 98.7 Å². The van der Waals surface area contributed by atoms with E-state index in [0.29, 0.717) is 24.3 Å². The highest BCUT2D eigenvalue weighted by Crippen LogP contribution is 2.20. The summed E-state index contributed by atoms with van der Waals surface area (Å²) >= 11 is 0. The van der Waals surface area contributed by atoms with E-state index in [0.717, 1.165) is 39.7 Å². The number of pyridine rings is 2. The molecule has 174 valence electrons. The van der Waals surface area contributed by atoms with Crippen molar-refractivity contribution >= 4 is 22.5 Å². The fourth-order valence-electron chi connectivity index (χ4n) is 4.12. The van der Waals surface area contributed by atoms with Gasteiger partial charge in [0.2, 0.25) is 0 Å². The summed E-state index contributed by atoms with van der Waals surface area (Å²) in [6.07, 6.45) is 7.87. The van der Waals surface area contributed by atoms with Gasteiger partial charge in [-0.15, -0.1) is 0 Å². The van der Waals surface area contributed by atoms with E-state index >= 15 is 0 Å². The van der Waals surface area contributed by atoms with Gasteiger partial charge in [-0.1, -0.05) is 36.4 Å². The molecule has 0 aliphatic rings. The Labute approximate surface area is 203 Å². The van der Waals surface area contributed by atoms with Crippen molar-refractivity contribution in [3.05, 3.63) is 119 Å². The Kier molecular flexibility index (Phi) is 6.22. The maximum atomic E-state index is 13.0. The predicted octanol–water partition coefficient (Wildman–Crippen LogP) is 4.29. The van der Waals surface area contributed by atoms with Gasteiger partial charge < -0.3 is 11.1 Å². The first-order valence-electron chi connectivity index (χ1n) is 11.5. The lowest BCUT2D eigenvalue weighted by Crippen LogP contribution is -2.24. The molecule has 0 aliphatic heterocycles. The number of nitrogens with one attached hydrogen (secondary N) is 1. The standard InChI is InChI=1S/C28H26N6O/c1-19-15-33-34(17-19)18-21-6-4-20(5-7-21)14-26-25(3-2-11-30-26)28(35)32-16-22-8-9-24-23(13-22)10-12-31-27(24)29/h2-13,15,17H,14,16,18H2,1H3,(H2,29,31)(H,32,35). The number of rotatable bonds is 7. The van der Waals surface area contributed by atoms with Crippen LogP contribution >= 0.6 is 0 Å². The smallest absolute Gasteiger partial charge is 0.253 e. The van der Waals surface area contributed by atoms with Gasteiger partial charge in [-0.05, 0) is 58.8 Å². The first kappa shape index (κ1) is 22.3. The summed E-state index contributed by atoms with van der Waals surface area (Å²) in [6, 6.07) is 19.8. The molecule has 5 aromatic rings. The van der Waals surface area contributed by atoms with Crippen molar-refractivity contribution in [2.24, 2.45) is 0 Å². The molecule has 0 radical (unpaired) electrons. The van der Waals surface area contributed by atoms with Crippen LogP contribution in [-0.4, -0.2) is 25.7 Å². The second-order valence-corrected chi connectivity index (χ2v) is 8.64. The highest BCUT2D eigenvalue weighted by atomic mass is 16.1. The quantitative estimate of drug-likeness (QED) is 0.376. The lowest BCUT2D eigenvalue weighted by atomic mass is 10.0. The number of hydrogen-bond donors (Lipinski definition) is 2. The summed E-state index contributed by atoms with van der Waals surface area (Å²) in [5.74, 6) is 0.357. The average molecular weight is 463 g/mol. The van der Waals surface area contributed by atoms with E-state index in [2.05, 4.69) is 44.6 Å². The van der Waals surface area contributed by atoms with E-state index in [4.69, 9.17) is 5.73 Å². The van der Waals surface area contributed by atoms with Crippen LogP contribution in [0.4, 0.5) is 5.82 Å². The number of carbonyl (C=O) groups excluding carboxylic acids is 1. The predicted molar refractivity (Wildman–Crippen MR) is 137 cm³/mol. The number of hydrogen-bond acceptors (Lipinski definition) is 5. The summed E-state index contributed by atoms with van der Waals surface area (Å²) in [5, 5.41) is 9.27. The Hall–Kier alpha value is -4.52. The van der Waals surface area contributed by atoms with E-state index in [9.17, 15) is 4.79 Å². The van der Waals surface area contributed by atoms with Crippen LogP contribution < -0.4 is 11.1 Å². The van der Waals surface area contributed by atoms with Crippen molar-refractivity contribution < 1.29 is 4.79 Å². The minimum atomic E-state index is -0.145. The zero-order chi connectivity index (χ0) is 24.2. The molecule has 35 heavy (non-hydrogen) atoms. The Morgan fingerprint density at radius 2 is 1.77 bits per heavy atom. The van der Waals surface area contributed by atoms with Crippen LogP contribution in [0.15, 0.2) is 85.5 Å². The Morgan fingerprint density at radius 1 is 0.971 bits per heavy atom. The Bertz CT molecular complexity index is 1490. The number of nitrogen functional groups attached to an aromatic ring is 1. The largest absolute Gasteiger partial charge is 0.383 e. The van der Waals surface area contributed by atoms with Crippen LogP contribution in [0.2, 0.25) is 0 Å². The minimum absolute atomic E-state index is 0.145. The molecule has 0 saturated carbocycles. The number of carbonyl (C=O) groups is 1. The van der Waals surface area contributed by atoms with Crippen LogP contribution in [0.5, 0.6) is 0 Å². The fraction of sp³-hybridized carbons (Fsp3) is 0.143. The van der Waals surface area contributed by atoms with Gasteiger partial charge in [-0.25, -0.2) is 4.98 Å². The van der Waals surface area contributed by atoms with Gasteiger partial charge in [0.05, 0.1) is 24.0 Å². The third-order valence-electron chi connectivity index (χ3n) is 5.95. The molecule has 1 amide bonds. The number of nitrogens with two attached hydrogens (primary N) is 1. The summed E-state index contributed by atoms with van der Waals surface area (Å²) in [4.78, 5) is 21.6. The molecule has 7 nitrogen and oxygen atoms in total. The Morgan fingerprint density at radius 3 is 2.57 bits per heavy atom. The number of aryl methyl sites for hydroxylation is 1. The van der Waals surface area contributed by atoms with Gasteiger partial charge in [0, 0.05) is 36.9 Å². The van der Waals surface area contributed by atoms with Gasteiger partial charge in [0.1, 0.15) is 5.82 Å². The van der Waals surface area contributed by atoms with Crippen LogP contribution in [0.3, 0.4) is 0 Å². The highest BCUT2D eigenvalue weighted by molar-refractivity contribution is 5.95. The minimum Gasteiger partial charge on any atom is -0.383 e.